The molecular weight excluding hydrogens is 221 g/mol. The number of hydrogen-bond donors (Lipinski definition) is 1. The lowest BCUT2D eigenvalue weighted by atomic mass is 10.3. The second kappa shape index (κ2) is 4.78. The molecule has 0 spiro atoms. The van der Waals surface area contributed by atoms with E-state index in [1.54, 1.807) is 10.9 Å². The van der Waals surface area contributed by atoms with Gasteiger partial charge in [0.15, 0.2) is 0 Å². The molecule has 0 aliphatic rings. The highest BCUT2D eigenvalue weighted by molar-refractivity contribution is 5.90. The van der Waals surface area contributed by atoms with Crippen molar-refractivity contribution in [3.05, 3.63) is 48.0 Å². The normalized spacial score (nSPS) is 10.2. The number of nitrogens with one attached hydrogen (secondary N) is 1. The van der Waals surface area contributed by atoms with E-state index >= 15 is 0 Å². The van der Waals surface area contributed by atoms with Crippen LogP contribution in [0.4, 0.5) is 10.1 Å². The summed E-state index contributed by atoms with van der Waals surface area (Å²) in [4.78, 5) is 11.7. The quantitative estimate of drug-likeness (QED) is 0.881. The molecule has 0 saturated heterocycles. The molecule has 4 nitrogen and oxygen atoms in total. The Labute approximate surface area is 98.1 Å². The summed E-state index contributed by atoms with van der Waals surface area (Å²) < 4.78 is 14.3. The van der Waals surface area contributed by atoms with Gasteiger partial charge in [0, 0.05) is 17.6 Å². The lowest BCUT2D eigenvalue weighted by Crippen LogP contribution is -2.20. The van der Waals surface area contributed by atoms with Gasteiger partial charge in [0.25, 0.3) is 0 Å². The maximum absolute atomic E-state index is 12.7. The van der Waals surface area contributed by atoms with Crippen LogP contribution in [0.25, 0.3) is 0 Å². The van der Waals surface area contributed by atoms with Crippen LogP contribution in [0.3, 0.4) is 0 Å². The molecule has 1 aromatic heterocycles. The van der Waals surface area contributed by atoms with Gasteiger partial charge in [-0.3, -0.25) is 9.48 Å². The molecule has 17 heavy (non-hydrogen) atoms. The molecule has 88 valence electrons. The van der Waals surface area contributed by atoms with Gasteiger partial charge in [0.2, 0.25) is 5.91 Å². The fraction of sp³-hybridized carbons (Fsp3) is 0.167. The van der Waals surface area contributed by atoms with E-state index in [2.05, 4.69) is 10.4 Å². The topological polar surface area (TPSA) is 46.9 Å². The van der Waals surface area contributed by atoms with E-state index in [9.17, 15) is 9.18 Å². The molecule has 0 atom stereocenters. The van der Waals surface area contributed by atoms with Crippen molar-refractivity contribution < 1.29 is 9.18 Å². The summed E-state index contributed by atoms with van der Waals surface area (Å²) in [5.74, 6) is -0.519. The summed E-state index contributed by atoms with van der Waals surface area (Å²) in [5, 5.41) is 6.68. The van der Waals surface area contributed by atoms with Gasteiger partial charge < -0.3 is 5.32 Å². The molecule has 0 unspecified atom stereocenters. The second-order valence-electron chi connectivity index (χ2n) is 3.69. The van der Waals surface area contributed by atoms with Crippen molar-refractivity contribution in [3.8, 4) is 0 Å². The zero-order valence-corrected chi connectivity index (χ0v) is 9.35. The number of nitrogens with zero attached hydrogens (tertiary/aromatic N) is 2. The molecular formula is C12H12FN3O. The molecule has 5 heteroatoms. The van der Waals surface area contributed by atoms with Crippen molar-refractivity contribution in [2.45, 2.75) is 13.5 Å². The summed E-state index contributed by atoms with van der Waals surface area (Å²) in [6, 6.07) is 7.46. The van der Waals surface area contributed by atoms with Crippen LogP contribution in [-0.2, 0) is 11.3 Å². The Morgan fingerprint density at radius 2 is 2.06 bits per heavy atom. The first-order valence-corrected chi connectivity index (χ1v) is 5.19. The first kappa shape index (κ1) is 11.3. The monoisotopic (exact) mass is 233 g/mol. The molecule has 1 amide bonds. The third kappa shape index (κ3) is 2.90. The first-order valence-electron chi connectivity index (χ1n) is 5.19. The van der Waals surface area contributed by atoms with Crippen LogP contribution in [0.1, 0.15) is 5.69 Å². The molecule has 0 bridgehead atoms. The summed E-state index contributed by atoms with van der Waals surface area (Å²) >= 11 is 0. The number of carbonyl (C=O) groups is 1. The Bertz CT molecular complexity index is 519. The first-order chi connectivity index (χ1) is 8.15. The zero-order chi connectivity index (χ0) is 12.3. The van der Waals surface area contributed by atoms with Crippen LogP contribution in [0.15, 0.2) is 36.5 Å². The van der Waals surface area contributed by atoms with E-state index < -0.39 is 0 Å². The number of aryl methyl sites for hydroxylation is 1. The van der Waals surface area contributed by atoms with E-state index in [1.807, 2.05) is 13.0 Å². The SMILES string of the molecule is Cc1ccnn1CC(=O)Nc1ccc(F)cc1. The number of carbonyl (C=O) groups excluding carboxylic acids is 1. The van der Waals surface area contributed by atoms with Crippen molar-refractivity contribution in [2.75, 3.05) is 5.32 Å². The van der Waals surface area contributed by atoms with Crippen LogP contribution in [0.2, 0.25) is 0 Å². The molecule has 0 aliphatic carbocycles. The van der Waals surface area contributed by atoms with Crippen LogP contribution < -0.4 is 5.32 Å². The standard InChI is InChI=1S/C12H12FN3O/c1-9-6-7-14-16(9)8-12(17)15-11-4-2-10(13)3-5-11/h2-7H,8H2,1H3,(H,15,17). The number of hydrogen-bond acceptors (Lipinski definition) is 2. The van der Waals surface area contributed by atoms with E-state index in [0.29, 0.717) is 5.69 Å². The Morgan fingerprint density at radius 1 is 1.35 bits per heavy atom. The zero-order valence-electron chi connectivity index (χ0n) is 9.35. The maximum Gasteiger partial charge on any atom is 0.246 e. The maximum atomic E-state index is 12.7. The number of halogens is 1. The van der Waals surface area contributed by atoms with Crippen LogP contribution in [0, 0.1) is 12.7 Å². The third-order valence-corrected chi connectivity index (χ3v) is 2.35. The number of benzene rings is 1. The van der Waals surface area contributed by atoms with Crippen LogP contribution >= 0.6 is 0 Å². The Kier molecular flexibility index (Phi) is 3.18. The van der Waals surface area contributed by atoms with Crippen LogP contribution in [-0.4, -0.2) is 15.7 Å². The molecule has 1 aromatic carbocycles. The Hall–Kier alpha value is -2.17. The van der Waals surface area contributed by atoms with Crippen molar-refractivity contribution >= 4 is 11.6 Å². The molecule has 2 rings (SSSR count). The highest BCUT2D eigenvalue weighted by Gasteiger charge is 2.05. The van der Waals surface area contributed by atoms with Crippen molar-refractivity contribution in [1.29, 1.82) is 0 Å². The largest absolute Gasteiger partial charge is 0.324 e. The molecule has 0 fully saturated rings. The van der Waals surface area contributed by atoms with Gasteiger partial charge >= 0.3 is 0 Å². The summed E-state index contributed by atoms with van der Waals surface area (Å²) in [5.41, 5.74) is 1.49. The van der Waals surface area contributed by atoms with Crippen molar-refractivity contribution in [2.24, 2.45) is 0 Å². The van der Waals surface area contributed by atoms with Gasteiger partial charge in [-0.25, -0.2) is 4.39 Å². The number of rotatable bonds is 3. The summed E-state index contributed by atoms with van der Waals surface area (Å²) in [7, 11) is 0. The molecule has 0 saturated carbocycles. The fourth-order valence-electron chi connectivity index (χ4n) is 1.43. The highest BCUT2D eigenvalue weighted by Crippen LogP contribution is 2.08. The lowest BCUT2D eigenvalue weighted by molar-refractivity contribution is -0.116. The van der Waals surface area contributed by atoms with E-state index in [0.717, 1.165) is 5.69 Å². The Balaban J connectivity index is 1.98. The minimum atomic E-state index is -0.328. The van der Waals surface area contributed by atoms with E-state index in [-0.39, 0.29) is 18.3 Å². The smallest absolute Gasteiger partial charge is 0.246 e. The van der Waals surface area contributed by atoms with E-state index in [4.69, 9.17) is 0 Å². The van der Waals surface area contributed by atoms with Crippen molar-refractivity contribution in [3.63, 3.8) is 0 Å². The van der Waals surface area contributed by atoms with Gasteiger partial charge in [-0.15, -0.1) is 0 Å². The third-order valence-electron chi connectivity index (χ3n) is 2.35. The van der Waals surface area contributed by atoms with Gasteiger partial charge in [-0.2, -0.15) is 5.10 Å². The number of aromatic nitrogens is 2. The molecule has 0 aliphatic heterocycles. The predicted octanol–water partition coefficient (Wildman–Crippen LogP) is 1.97. The van der Waals surface area contributed by atoms with Crippen LogP contribution in [0.5, 0.6) is 0 Å². The minimum absolute atomic E-state index is 0.149. The second-order valence-corrected chi connectivity index (χ2v) is 3.69. The number of amides is 1. The highest BCUT2D eigenvalue weighted by atomic mass is 19.1. The molecule has 0 radical (unpaired) electrons. The Morgan fingerprint density at radius 3 is 2.65 bits per heavy atom. The minimum Gasteiger partial charge on any atom is -0.324 e. The molecule has 1 N–H and O–H groups in total. The summed E-state index contributed by atoms with van der Waals surface area (Å²) in [6.45, 7) is 2.02. The number of anilines is 1. The summed E-state index contributed by atoms with van der Waals surface area (Å²) in [6.07, 6.45) is 1.64. The fourth-order valence-corrected chi connectivity index (χ4v) is 1.43. The molecule has 1 heterocycles. The van der Waals surface area contributed by atoms with Gasteiger partial charge in [-0.1, -0.05) is 0 Å². The molecule has 2 aromatic rings. The average molecular weight is 233 g/mol. The van der Waals surface area contributed by atoms with Gasteiger partial charge in [0.1, 0.15) is 12.4 Å². The predicted molar refractivity (Wildman–Crippen MR) is 62.0 cm³/mol. The van der Waals surface area contributed by atoms with Gasteiger partial charge in [-0.05, 0) is 37.3 Å². The van der Waals surface area contributed by atoms with Gasteiger partial charge in [0.05, 0.1) is 0 Å². The van der Waals surface area contributed by atoms with E-state index in [1.165, 1.54) is 24.3 Å². The average Bonchev–Trinajstić information content (AvgIpc) is 2.68. The lowest BCUT2D eigenvalue weighted by Gasteiger charge is -2.06. The van der Waals surface area contributed by atoms with Crippen molar-refractivity contribution in [1.82, 2.24) is 9.78 Å².